The van der Waals surface area contributed by atoms with Gasteiger partial charge in [0, 0.05) is 6.54 Å². The average molecular weight is 251 g/mol. The number of nitrogens with zero attached hydrogens (tertiary/aromatic N) is 4. The lowest BCUT2D eigenvalue weighted by atomic mass is 9.88. The molecule has 1 aliphatic carbocycles. The topological polar surface area (TPSA) is 97.3 Å². The summed E-state index contributed by atoms with van der Waals surface area (Å²) in [6, 6.07) is 0. The van der Waals surface area contributed by atoms with Gasteiger partial charge in [0.05, 0.1) is 25.8 Å². The third-order valence-electron chi connectivity index (χ3n) is 3.67. The number of carbonyl (C=O) groups excluding carboxylic acids is 1. The molecule has 1 saturated carbocycles. The molecule has 7 nitrogen and oxygen atoms in total. The molecule has 0 spiro atoms. The summed E-state index contributed by atoms with van der Waals surface area (Å²) in [6.07, 6.45) is 3.75. The van der Waals surface area contributed by atoms with Gasteiger partial charge < -0.3 is 15.7 Å². The van der Waals surface area contributed by atoms with Crippen LogP contribution in [0.2, 0.25) is 0 Å². The smallest absolute Gasteiger partial charge is 0.276 e. The van der Waals surface area contributed by atoms with Crippen molar-refractivity contribution in [1.29, 1.82) is 0 Å². The molecule has 2 heterocycles. The van der Waals surface area contributed by atoms with E-state index in [9.17, 15) is 9.90 Å². The number of hydrogen-bond donors (Lipinski definition) is 2. The van der Waals surface area contributed by atoms with Gasteiger partial charge in [-0.05, 0) is 18.8 Å². The fourth-order valence-electron chi connectivity index (χ4n) is 2.44. The van der Waals surface area contributed by atoms with Gasteiger partial charge in [-0.2, -0.15) is 0 Å². The van der Waals surface area contributed by atoms with Gasteiger partial charge in [0.2, 0.25) is 0 Å². The van der Waals surface area contributed by atoms with Crippen molar-refractivity contribution in [3.8, 4) is 0 Å². The molecule has 1 amide bonds. The van der Waals surface area contributed by atoms with Gasteiger partial charge in [-0.1, -0.05) is 5.21 Å². The zero-order valence-corrected chi connectivity index (χ0v) is 10.1. The van der Waals surface area contributed by atoms with Crippen molar-refractivity contribution in [3.05, 3.63) is 11.9 Å². The molecule has 2 aliphatic rings. The summed E-state index contributed by atoms with van der Waals surface area (Å²) in [6.45, 7) is 1.84. The minimum absolute atomic E-state index is 0.163. The molecule has 0 radical (unpaired) electrons. The van der Waals surface area contributed by atoms with Crippen LogP contribution < -0.4 is 5.73 Å². The number of amides is 1. The van der Waals surface area contributed by atoms with Gasteiger partial charge in [0.1, 0.15) is 5.60 Å². The number of carbonyl (C=O) groups is 1. The highest BCUT2D eigenvalue weighted by Gasteiger charge is 2.53. The van der Waals surface area contributed by atoms with E-state index in [-0.39, 0.29) is 5.91 Å². The van der Waals surface area contributed by atoms with Gasteiger partial charge in [0.25, 0.3) is 5.91 Å². The molecule has 3 rings (SSSR count). The van der Waals surface area contributed by atoms with Crippen molar-refractivity contribution in [2.24, 2.45) is 11.7 Å². The highest BCUT2D eigenvalue weighted by atomic mass is 16.3. The number of β-amino-alcohol motifs (C(OH)–C–C–N with tert-alkyl or cyclic N) is 1. The maximum atomic E-state index is 12.0. The third-order valence-corrected chi connectivity index (χ3v) is 3.67. The lowest BCUT2D eigenvalue weighted by Gasteiger charge is -2.46. The van der Waals surface area contributed by atoms with Crippen LogP contribution in [0.1, 0.15) is 23.3 Å². The predicted octanol–water partition coefficient (Wildman–Crippen LogP) is -1.17. The Hall–Kier alpha value is -1.47. The van der Waals surface area contributed by atoms with E-state index in [0.29, 0.717) is 37.8 Å². The Kier molecular flexibility index (Phi) is 2.60. The molecular weight excluding hydrogens is 234 g/mol. The van der Waals surface area contributed by atoms with Gasteiger partial charge in [0.15, 0.2) is 5.69 Å². The van der Waals surface area contributed by atoms with Crippen LogP contribution in [0.15, 0.2) is 6.20 Å². The SMILES string of the molecule is NCCn1cc(C(=O)N2CC(O)(C3CC3)C2)nn1. The van der Waals surface area contributed by atoms with Crippen molar-refractivity contribution >= 4 is 5.91 Å². The second-order valence-corrected chi connectivity index (χ2v) is 5.19. The number of likely N-dealkylation sites (tertiary alicyclic amines) is 1. The molecular formula is C11H17N5O2. The van der Waals surface area contributed by atoms with E-state index in [1.807, 2.05) is 0 Å². The van der Waals surface area contributed by atoms with Crippen LogP contribution in [-0.4, -0.2) is 56.1 Å². The second-order valence-electron chi connectivity index (χ2n) is 5.19. The normalized spacial score (nSPS) is 21.8. The number of nitrogens with two attached hydrogens (primary N) is 1. The van der Waals surface area contributed by atoms with Crippen LogP contribution in [0.3, 0.4) is 0 Å². The summed E-state index contributed by atoms with van der Waals surface area (Å²) in [5.74, 6) is 0.220. The minimum Gasteiger partial charge on any atom is -0.386 e. The van der Waals surface area contributed by atoms with Crippen LogP contribution in [0.25, 0.3) is 0 Å². The fraction of sp³-hybridized carbons (Fsp3) is 0.727. The second kappa shape index (κ2) is 4.03. The largest absolute Gasteiger partial charge is 0.386 e. The first kappa shape index (κ1) is 11.6. The molecule has 7 heteroatoms. The van der Waals surface area contributed by atoms with Crippen molar-refractivity contribution in [2.45, 2.75) is 25.0 Å². The Morgan fingerprint density at radius 1 is 1.56 bits per heavy atom. The lowest BCUT2D eigenvalue weighted by molar-refractivity contribution is -0.0959. The van der Waals surface area contributed by atoms with E-state index >= 15 is 0 Å². The molecule has 1 saturated heterocycles. The van der Waals surface area contributed by atoms with E-state index in [1.165, 1.54) is 0 Å². The molecule has 3 N–H and O–H groups in total. The highest BCUT2D eigenvalue weighted by Crippen LogP contribution is 2.44. The third kappa shape index (κ3) is 1.89. The summed E-state index contributed by atoms with van der Waals surface area (Å²) in [4.78, 5) is 13.7. The maximum absolute atomic E-state index is 12.0. The molecule has 1 aliphatic heterocycles. The zero-order valence-electron chi connectivity index (χ0n) is 10.1. The van der Waals surface area contributed by atoms with E-state index < -0.39 is 5.60 Å². The molecule has 18 heavy (non-hydrogen) atoms. The summed E-state index contributed by atoms with van der Waals surface area (Å²) < 4.78 is 1.56. The average Bonchev–Trinajstić information content (AvgIpc) is 3.06. The first-order valence-electron chi connectivity index (χ1n) is 6.24. The molecule has 98 valence electrons. The fourth-order valence-corrected chi connectivity index (χ4v) is 2.44. The van der Waals surface area contributed by atoms with Crippen LogP contribution in [0.4, 0.5) is 0 Å². The molecule has 0 unspecified atom stereocenters. The standard InChI is InChI=1S/C11H17N5O2/c12-3-4-16-5-9(13-14-16)10(17)15-6-11(18,7-15)8-1-2-8/h5,8,18H,1-4,6-7,12H2. The van der Waals surface area contributed by atoms with Crippen molar-refractivity contribution in [1.82, 2.24) is 19.9 Å². The summed E-state index contributed by atoms with van der Waals surface area (Å²) >= 11 is 0. The highest BCUT2D eigenvalue weighted by molar-refractivity contribution is 5.92. The molecule has 1 aromatic heterocycles. The Bertz CT molecular complexity index is 462. The molecule has 0 atom stereocenters. The summed E-state index contributed by atoms with van der Waals surface area (Å²) in [7, 11) is 0. The first-order chi connectivity index (χ1) is 8.62. The Morgan fingerprint density at radius 3 is 2.89 bits per heavy atom. The number of hydrogen-bond acceptors (Lipinski definition) is 5. The molecule has 0 aromatic carbocycles. The molecule has 2 fully saturated rings. The molecule has 0 bridgehead atoms. The van der Waals surface area contributed by atoms with Crippen LogP contribution in [-0.2, 0) is 6.54 Å². The van der Waals surface area contributed by atoms with E-state index in [1.54, 1.807) is 15.8 Å². The van der Waals surface area contributed by atoms with Crippen LogP contribution >= 0.6 is 0 Å². The maximum Gasteiger partial charge on any atom is 0.276 e. The summed E-state index contributed by atoms with van der Waals surface area (Å²) in [5.41, 5.74) is 5.07. The van der Waals surface area contributed by atoms with E-state index in [4.69, 9.17) is 5.73 Å². The quantitative estimate of drug-likeness (QED) is 0.703. The van der Waals surface area contributed by atoms with Gasteiger partial charge in [-0.15, -0.1) is 5.10 Å². The zero-order chi connectivity index (χ0) is 12.8. The predicted molar refractivity (Wildman–Crippen MR) is 62.7 cm³/mol. The monoisotopic (exact) mass is 251 g/mol. The van der Waals surface area contributed by atoms with Gasteiger partial charge >= 0.3 is 0 Å². The van der Waals surface area contributed by atoms with Gasteiger partial charge in [-0.25, -0.2) is 0 Å². The number of aliphatic hydroxyl groups is 1. The molecule has 1 aromatic rings. The van der Waals surface area contributed by atoms with Crippen molar-refractivity contribution < 1.29 is 9.90 Å². The minimum atomic E-state index is -0.650. The number of rotatable bonds is 4. The van der Waals surface area contributed by atoms with Crippen LogP contribution in [0.5, 0.6) is 0 Å². The lowest BCUT2D eigenvalue weighted by Crippen LogP contribution is -2.64. The Labute approximate surface area is 105 Å². The summed E-state index contributed by atoms with van der Waals surface area (Å²) in [5, 5.41) is 17.8. The number of aromatic nitrogens is 3. The van der Waals surface area contributed by atoms with Gasteiger partial charge in [-0.3, -0.25) is 9.48 Å². The van der Waals surface area contributed by atoms with E-state index in [0.717, 1.165) is 12.8 Å². The Balaban J connectivity index is 1.61. The van der Waals surface area contributed by atoms with Crippen LogP contribution in [0, 0.1) is 5.92 Å². The first-order valence-corrected chi connectivity index (χ1v) is 6.24. The van der Waals surface area contributed by atoms with Crippen molar-refractivity contribution in [3.63, 3.8) is 0 Å². The van der Waals surface area contributed by atoms with E-state index in [2.05, 4.69) is 10.3 Å². The Morgan fingerprint density at radius 2 is 2.28 bits per heavy atom. The van der Waals surface area contributed by atoms with Crippen molar-refractivity contribution in [2.75, 3.05) is 19.6 Å².